The number of carbonyl (C=O) groups excluding carboxylic acids is 1. The van der Waals surface area contributed by atoms with Crippen molar-refractivity contribution in [2.75, 3.05) is 6.54 Å². The van der Waals surface area contributed by atoms with Gasteiger partial charge in [0.2, 0.25) is 0 Å². The van der Waals surface area contributed by atoms with E-state index in [1.807, 2.05) is 24.4 Å². The van der Waals surface area contributed by atoms with Crippen LogP contribution in [0, 0.1) is 11.3 Å². The number of nitriles is 1. The van der Waals surface area contributed by atoms with Crippen molar-refractivity contribution < 1.29 is 4.79 Å². The second kappa shape index (κ2) is 3.84. The van der Waals surface area contributed by atoms with E-state index in [0.29, 0.717) is 5.56 Å². The van der Waals surface area contributed by atoms with Crippen LogP contribution in [0.15, 0.2) is 30.5 Å². The number of rotatable bonds is 2. The lowest BCUT2D eigenvalue weighted by Crippen LogP contribution is -2.23. The molecule has 1 aromatic carbocycles. The molecule has 2 rings (SSSR count). The number of aromatic amines is 1. The van der Waals surface area contributed by atoms with E-state index in [2.05, 4.69) is 10.3 Å². The molecule has 0 aliphatic carbocycles. The SMILES string of the molecule is N#CCNC(=O)c1ccc2[nH]ccc2c1. The second-order valence-electron chi connectivity index (χ2n) is 3.12. The Hall–Kier alpha value is -2.28. The van der Waals surface area contributed by atoms with Gasteiger partial charge in [-0.05, 0) is 24.3 Å². The van der Waals surface area contributed by atoms with E-state index in [1.54, 1.807) is 12.1 Å². The minimum Gasteiger partial charge on any atom is -0.361 e. The molecule has 0 aliphatic rings. The predicted molar refractivity (Wildman–Crippen MR) is 56.2 cm³/mol. The normalized spacial score (nSPS) is 9.80. The Morgan fingerprint density at radius 3 is 3.13 bits per heavy atom. The van der Waals surface area contributed by atoms with E-state index < -0.39 is 0 Å². The highest BCUT2D eigenvalue weighted by molar-refractivity contribution is 5.98. The predicted octanol–water partition coefficient (Wildman–Crippen LogP) is 1.42. The maximum atomic E-state index is 11.5. The number of carbonyl (C=O) groups is 1. The van der Waals surface area contributed by atoms with Crippen LogP contribution in [0.1, 0.15) is 10.4 Å². The number of benzene rings is 1. The molecule has 0 saturated carbocycles. The van der Waals surface area contributed by atoms with Crippen molar-refractivity contribution in [3.05, 3.63) is 36.0 Å². The number of H-pyrrole nitrogens is 1. The van der Waals surface area contributed by atoms with E-state index in [0.717, 1.165) is 10.9 Å². The fourth-order valence-electron chi connectivity index (χ4n) is 1.42. The fourth-order valence-corrected chi connectivity index (χ4v) is 1.42. The summed E-state index contributed by atoms with van der Waals surface area (Å²) in [4.78, 5) is 14.5. The number of aromatic nitrogens is 1. The Kier molecular flexibility index (Phi) is 2.38. The van der Waals surface area contributed by atoms with E-state index in [-0.39, 0.29) is 12.5 Å². The fraction of sp³-hybridized carbons (Fsp3) is 0.0909. The van der Waals surface area contributed by atoms with Crippen LogP contribution < -0.4 is 5.32 Å². The molecule has 0 saturated heterocycles. The summed E-state index contributed by atoms with van der Waals surface area (Å²) in [6.07, 6.45) is 1.82. The number of amides is 1. The molecular weight excluding hydrogens is 190 g/mol. The van der Waals surface area contributed by atoms with Crippen LogP contribution >= 0.6 is 0 Å². The number of fused-ring (bicyclic) bond motifs is 1. The number of nitrogens with zero attached hydrogens (tertiary/aromatic N) is 1. The maximum absolute atomic E-state index is 11.5. The topological polar surface area (TPSA) is 68.7 Å². The number of hydrogen-bond acceptors (Lipinski definition) is 2. The van der Waals surface area contributed by atoms with E-state index in [1.165, 1.54) is 0 Å². The van der Waals surface area contributed by atoms with Crippen LogP contribution in [0.4, 0.5) is 0 Å². The lowest BCUT2D eigenvalue weighted by molar-refractivity contribution is 0.0958. The van der Waals surface area contributed by atoms with Crippen molar-refractivity contribution in [2.45, 2.75) is 0 Å². The zero-order chi connectivity index (χ0) is 10.7. The monoisotopic (exact) mass is 199 g/mol. The second-order valence-corrected chi connectivity index (χ2v) is 3.12. The summed E-state index contributed by atoms with van der Waals surface area (Å²) in [6.45, 7) is 0.0318. The van der Waals surface area contributed by atoms with Gasteiger partial charge in [-0.25, -0.2) is 0 Å². The van der Waals surface area contributed by atoms with Gasteiger partial charge in [0, 0.05) is 22.7 Å². The minimum atomic E-state index is -0.223. The molecule has 4 heteroatoms. The van der Waals surface area contributed by atoms with Crippen LogP contribution in [0.3, 0.4) is 0 Å². The van der Waals surface area contributed by atoms with Gasteiger partial charge in [-0.3, -0.25) is 4.79 Å². The molecule has 1 aromatic heterocycles. The third-order valence-electron chi connectivity index (χ3n) is 2.14. The number of nitrogens with one attached hydrogen (secondary N) is 2. The Morgan fingerprint density at radius 1 is 1.47 bits per heavy atom. The Labute approximate surface area is 86.5 Å². The Bertz CT molecular complexity index is 536. The van der Waals surface area contributed by atoms with Crippen LogP contribution in [0.25, 0.3) is 10.9 Å². The first-order chi connectivity index (χ1) is 7.31. The molecular formula is C11H9N3O. The smallest absolute Gasteiger partial charge is 0.252 e. The van der Waals surface area contributed by atoms with Crippen molar-refractivity contribution in [1.82, 2.24) is 10.3 Å². The van der Waals surface area contributed by atoms with Crippen molar-refractivity contribution in [3.63, 3.8) is 0 Å². The molecule has 2 aromatic rings. The molecule has 15 heavy (non-hydrogen) atoms. The van der Waals surface area contributed by atoms with Gasteiger partial charge >= 0.3 is 0 Å². The van der Waals surface area contributed by atoms with Gasteiger partial charge in [-0.2, -0.15) is 5.26 Å². The third kappa shape index (κ3) is 1.81. The molecule has 2 N–H and O–H groups in total. The van der Waals surface area contributed by atoms with Crippen LogP contribution in [-0.2, 0) is 0 Å². The highest BCUT2D eigenvalue weighted by Crippen LogP contribution is 2.13. The first kappa shape index (κ1) is 9.28. The van der Waals surface area contributed by atoms with Gasteiger partial charge < -0.3 is 10.3 Å². The van der Waals surface area contributed by atoms with Gasteiger partial charge in [0.25, 0.3) is 5.91 Å². The molecule has 1 heterocycles. The average molecular weight is 199 g/mol. The maximum Gasteiger partial charge on any atom is 0.252 e. The highest BCUT2D eigenvalue weighted by atomic mass is 16.1. The summed E-state index contributed by atoms with van der Waals surface area (Å²) < 4.78 is 0. The third-order valence-corrected chi connectivity index (χ3v) is 2.14. The lowest BCUT2D eigenvalue weighted by Gasteiger charge is -2.00. The molecule has 74 valence electrons. The van der Waals surface area contributed by atoms with Gasteiger partial charge in [-0.1, -0.05) is 0 Å². The van der Waals surface area contributed by atoms with E-state index >= 15 is 0 Å². The molecule has 4 nitrogen and oxygen atoms in total. The summed E-state index contributed by atoms with van der Waals surface area (Å²) >= 11 is 0. The summed E-state index contributed by atoms with van der Waals surface area (Å²) in [5, 5.41) is 11.8. The van der Waals surface area contributed by atoms with E-state index in [9.17, 15) is 4.79 Å². The van der Waals surface area contributed by atoms with Crippen LogP contribution in [0.2, 0.25) is 0 Å². The van der Waals surface area contributed by atoms with Crippen LogP contribution in [-0.4, -0.2) is 17.4 Å². The molecule has 0 radical (unpaired) electrons. The molecule has 1 amide bonds. The Balaban J connectivity index is 2.28. The first-order valence-electron chi connectivity index (χ1n) is 4.53. The first-order valence-corrected chi connectivity index (χ1v) is 4.53. The largest absolute Gasteiger partial charge is 0.361 e. The zero-order valence-electron chi connectivity index (χ0n) is 7.95. The van der Waals surface area contributed by atoms with E-state index in [4.69, 9.17) is 5.26 Å². The molecule has 0 fully saturated rings. The quantitative estimate of drug-likeness (QED) is 0.718. The van der Waals surface area contributed by atoms with Crippen molar-refractivity contribution in [1.29, 1.82) is 5.26 Å². The van der Waals surface area contributed by atoms with Gasteiger partial charge in [0.05, 0.1) is 6.07 Å². The molecule has 0 bridgehead atoms. The van der Waals surface area contributed by atoms with Gasteiger partial charge in [-0.15, -0.1) is 0 Å². The van der Waals surface area contributed by atoms with Crippen molar-refractivity contribution >= 4 is 16.8 Å². The Morgan fingerprint density at radius 2 is 2.33 bits per heavy atom. The molecule has 0 aliphatic heterocycles. The summed E-state index contributed by atoms with van der Waals surface area (Å²) in [5.41, 5.74) is 1.56. The van der Waals surface area contributed by atoms with Gasteiger partial charge in [0.15, 0.2) is 0 Å². The molecule has 0 atom stereocenters. The highest BCUT2D eigenvalue weighted by Gasteiger charge is 2.05. The van der Waals surface area contributed by atoms with Crippen LogP contribution in [0.5, 0.6) is 0 Å². The minimum absolute atomic E-state index is 0.0318. The number of hydrogen-bond donors (Lipinski definition) is 2. The van der Waals surface area contributed by atoms with Gasteiger partial charge in [0.1, 0.15) is 6.54 Å². The average Bonchev–Trinajstić information content (AvgIpc) is 2.72. The zero-order valence-corrected chi connectivity index (χ0v) is 7.95. The molecule has 0 unspecified atom stereocenters. The molecule has 0 spiro atoms. The summed E-state index contributed by atoms with van der Waals surface area (Å²) in [6, 6.07) is 9.12. The summed E-state index contributed by atoms with van der Waals surface area (Å²) in [5.74, 6) is -0.223. The lowest BCUT2D eigenvalue weighted by atomic mass is 10.1. The van der Waals surface area contributed by atoms with Crippen molar-refractivity contribution in [3.8, 4) is 6.07 Å². The standard InChI is InChI=1S/C11H9N3O/c12-4-6-14-11(15)9-1-2-10-8(7-9)3-5-13-10/h1-3,5,7,13H,6H2,(H,14,15). The summed E-state index contributed by atoms with van der Waals surface area (Å²) in [7, 11) is 0. The van der Waals surface area contributed by atoms with Crippen molar-refractivity contribution in [2.24, 2.45) is 0 Å².